The minimum absolute atomic E-state index is 0.0706. The zero-order valence-corrected chi connectivity index (χ0v) is 11.2. The summed E-state index contributed by atoms with van der Waals surface area (Å²) in [4.78, 5) is 11.7. The van der Waals surface area contributed by atoms with Crippen LogP contribution in [0.1, 0.15) is 26.3 Å². The Labute approximate surface area is 109 Å². The molecule has 0 aliphatic rings. The lowest BCUT2D eigenvalue weighted by Gasteiger charge is -2.29. The summed E-state index contributed by atoms with van der Waals surface area (Å²) in [5, 5.41) is 2.84. The molecule has 0 fully saturated rings. The summed E-state index contributed by atoms with van der Waals surface area (Å²) in [5.41, 5.74) is 6.41. The molecule has 0 radical (unpaired) electrons. The zero-order valence-electron chi connectivity index (χ0n) is 11.2. The average molecular weight is 244 g/mol. The summed E-state index contributed by atoms with van der Waals surface area (Å²) in [6, 6.07) is 9.35. The van der Waals surface area contributed by atoms with Gasteiger partial charge in [-0.3, -0.25) is 4.79 Å². The highest BCUT2D eigenvalue weighted by Gasteiger charge is 2.24. The molecule has 96 valence electrons. The Kier molecular flexibility index (Phi) is 4.94. The normalized spacial score (nSPS) is 12.2. The smallest absolute Gasteiger partial charge is 0.296 e. The zero-order chi connectivity index (χ0) is 13.6. The van der Waals surface area contributed by atoms with Crippen molar-refractivity contribution in [3.05, 3.63) is 35.9 Å². The molecular weight excluding hydrogens is 224 g/mol. The van der Waals surface area contributed by atoms with Crippen molar-refractivity contribution in [3.8, 4) is 11.8 Å². The van der Waals surface area contributed by atoms with E-state index in [4.69, 9.17) is 5.73 Å². The van der Waals surface area contributed by atoms with Crippen molar-refractivity contribution >= 4 is 5.91 Å². The van der Waals surface area contributed by atoms with Gasteiger partial charge in [-0.05, 0) is 17.5 Å². The van der Waals surface area contributed by atoms with Crippen molar-refractivity contribution in [1.82, 2.24) is 5.32 Å². The second-order valence-corrected chi connectivity index (χ2v) is 5.24. The first-order valence-corrected chi connectivity index (χ1v) is 6.01. The topological polar surface area (TPSA) is 55.1 Å². The maximum Gasteiger partial charge on any atom is 0.296 e. The summed E-state index contributed by atoms with van der Waals surface area (Å²) in [7, 11) is 0. The summed E-state index contributed by atoms with van der Waals surface area (Å²) >= 11 is 0. The first-order chi connectivity index (χ1) is 8.43. The van der Waals surface area contributed by atoms with Crippen LogP contribution in [0.15, 0.2) is 30.3 Å². The van der Waals surface area contributed by atoms with Gasteiger partial charge in [0.05, 0.1) is 0 Å². The van der Waals surface area contributed by atoms with Crippen LogP contribution in [0.25, 0.3) is 0 Å². The van der Waals surface area contributed by atoms with Crippen molar-refractivity contribution < 1.29 is 4.79 Å². The fourth-order valence-corrected chi connectivity index (χ4v) is 1.47. The van der Waals surface area contributed by atoms with E-state index in [0.29, 0.717) is 6.54 Å². The standard InChI is InChI=1S/C15H20N2O/c1-15(2,3)13(11-16)17-14(18)10-9-12-7-5-4-6-8-12/h4-8,13H,11,16H2,1-3H3,(H,17,18). The summed E-state index contributed by atoms with van der Waals surface area (Å²) in [6.07, 6.45) is 0. The van der Waals surface area contributed by atoms with Crippen LogP contribution in [0.3, 0.4) is 0 Å². The highest BCUT2D eigenvalue weighted by Crippen LogP contribution is 2.17. The molecule has 3 N–H and O–H groups in total. The van der Waals surface area contributed by atoms with Gasteiger partial charge in [0.15, 0.2) is 0 Å². The number of nitrogens with two attached hydrogens (primary N) is 1. The highest BCUT2D eigenvalue weighted by molar-refractivity contribution is 5.94. The van der Waals surface area contributed by atoms with Crippen molar-refractivity contribution in [2.24, 2.45) is 11.1 Å². The molecule has 0 bridgehead atoms. The Hall–Kier alpha value is -1.79. The van der Waals surface area contributed by atoms with Crippen LogP contribution >= 0.6 is 0 Å². The molecule has 1 aromatic carbocycles. The predicted octanol–water partition coefficient (Wildman–Crippen LogP) is 1.53. The van der Waals surface area contributed by atoms with Gasteiger partial charge in [-0.25, -0.2) is 0 Å². The van der Waals surface area contributed by atoms with Gasteiger partial charge < -0.3 is 11.1 Å². The van der Waals surface area contributed by atoms with E-state index >= 15 is 0 Å². The van der Waals surface area contributed by atoms with Crippen molar-refractivity contribution in [3.63, 3.8) is 0 Å². The van der Waals surface area contributed by atoms with E-state index in [1.54, 1.807) is 0 Å². The number of rotatable bonds is 2. The van der Waals surface area contributed by atoms with Gasteiger partial charge in [0.1, 0.15) is 0 Å². The third kappa shape index (κ3) is 4.60. The van der Waals surface area contributed by atoms with Gasteiger partial charge in [0.2, 0.25) is 0 Å². The van der Waals surface area contributed by atoms with Crippen LogP contribution in [0, 0.1) is 17.3 Å². The van der Waals surface area contributed by atoms with Crippen LogP contribution < -0.4 is 11.1 Å². The number of hydrogen-bond acceptors (Lipinski definition) is 2. The quantitative estimate of drug-likeness (QED) is 0.775. The van der Waals surface area contributed by atoms with E-state index in [1.807, 2.05) is 51.1 Å². The highest BCUT2D eigenvalue weighted by atomic mass is 16.1. The summed E-state index contributed by atoms with van der Waals surface area (Å²) in [5.74, 6) is 5.11. The first-order valence-electron chi connectivity index (χ1n) is 6.01. The second-order valence-electron chi connectivity index (χ2n) is 5.24. The molecule has 0 saturated carbocycles. The molecule has 0 aliphatic carbocycles. The van der Waals surface area contributed by atoms with Gasteiger partial charge >= 0.3 is 0 Å². The summed E-state index contributed by atoms with van der Waals surface area (Å²) in [6.45, 7) is 6.52. The molecule has 0 saturated heterocycles. The minimum Gasteiger partial charge on any atom is -0.341 e. The molecule has 3 heteroatoms. The predicted molar refractivity (Wildman–Crippen MR) is 73.8 cm³/mol. The maximum absolute atomic E-state index is 11.7. The van der Waals surface area contributed by atoms with E-state index in [1.165, 1.54) is 0 Å². The lowest BCUT2D eigenvalue weighted by Crippen LogP contribution is -2.48. The molecular formula is C15H20N2O. The van der Waals surface area contributed by atoms with Crippen LogP contribution in [0.4, 0.5) is 0 Å². The van der Waals surface area contributed by atoms with Gasteiger partial charge in [-0.2, -0.15) is 0 Å². The minimum atomic E-state index is -0.288. The number of hydrogen-bond donors (Lipinski definition) is 2. The lowest BCUT2D eigenvalue weighted by molar-refractivity contribution is -0.117. The average Bonchev–Trinajstić information content (AvgIpc) is 2.33. The Balaban J connectivity index is 2.65. The molecule has 1 rings (SSSR count). The van der Waals surface area contributed by atoms with Crippen molar-refractivity contribution in [2.75, 3.05) is 6.54 Å². The molecule has 18 heavy (non-hydrogen) atoms. The maximum atomic E-state index is 11.7. The van der Waals surface area contributed by atoms with E-state index in [2.05, 4.69) is 17.2 Å². The van der Waals surface area contributed by atoms with Gasteiger partial charge in [-0.1, -0.05) is 44.9 Å². The monoisotopic (exact) mass is 244 g/mol. The number of nitrogens with one attached hydrogen (secondary N) is 1. The van der Waals surface area contributed by atoms with Crippen LogP contribution in [-0.2, 0) is 4.79 Å². The molecule has 1 atom stereocenters. The van der Waals surface area contributed by atoms with E-state index in [9.17, 15) is 4.79 Å². The molecule has 1 aromatic rings. The number of benzene rings is 1. The Morgan fingerprint density at radius 3 is 2.44 bits per heavy atom. The van der Waals surface area contributed by atoms with Gasteiger partial charge in [0, 0.05) is 24.1 Å². The summed E-state index contributed by atoms with van der Waals surface area (Å²) < 4.78 is 0. The largest absolute Gasteiger partial charge is 0.341 e. The van der Waals surface area contributed by atoms with Crippen LogP contribution in [0.5, 0.6) is 0 Å². The Bertz CT molecular complexity index is 449. The second kappa shape index (κ2) is 6.23. The van der Waals surface area contributed by atoms with E-state index in [0.717, 1.165) is 5.56 Å². The number of carbonyl (C=O) groups excluding carboxylic acids is 1. The third-order valence-electron chi connectivity index (χ3n) is 2.68. The third-order valence-corrected chi connectivity index (χ3v) is 2.68. The molecule has 3 nitrogen and oxygen atoms in total. The molecule has 0 aliphatic heterocycles. The Morgan fingerprint density at radius 2 is 1.94 bits per heavy atom. The fourth-order valence-electron chi connectivity index (χ4n) is 1.47. The molecule has 0 aromatic heterocycles. The Morgan fingerprint density at radius 1 is 1.33 bits per heavy atom. The van der Waals surface area contributed by atoms with E-state index in [-0.39, 0.29) is 17.4 Å². The fraction of sp³-hybridized carbons (Fsp3) is 0.400. The number of carbonyl (C=O) groups is 1. The van der Waals surface area contributed by atoms with E-state index < -0.39 is 0 Å². The SMILES string of the molecule is CC(C)(C)C(CN)NC(=O)C#Cc1ccccc1. The lowest BCUT2D eigenvalue weighted by atomic mass is 9.87. The van der Waals surface area contributed by atoms with Crippen molar-refractivity contribution in [1.29, 1.82) is 0 Å². The molecule has 0 spiro atoms. The van der Waals surface area contributed by atoms with Gasteiger partial charge in [-0.15, -0.1) is 0 Å². The van der Waals surface area contributed by atoms with Crippen LogP contribution in [-0.4, -0.2) is 18.5 Å². The van der Waals surface area contributed by atoms with Gasteiger partial charge in [0.25, 0.3) is 5.91 Å². The molecule has 1 unspecified atom stereocenters. The molecule has 1 amide bonds. The first kappa shape index (κ1) is 14.3. The molecule has 0 heterocycles. The number of amides is 1. The van der Waals surface area contributed by atoms with Crippen LogP contribution in [0.2, 0.25) is 0 Å². The van der Waals surface area contributed by atoms with Crippen molar-refractivity contribution in [2.45, 2.75) is 26.8 Å².